The molecule has 2 N–H and O–H groups in total. The summed E-state index contributed by atoms with van der Waals surface area (Å²) in [5, 5.41) is 6.48. The van der Waals surface area contributed by atoms with E-state index in [1.165, 1.54) is 29.1 Å². The molecule has 1 aliphatic heterocycles. The Morgan fingerprint density at radius 2 is 1.81 bits per heavy atom. The number of rotatable bonds is 0. The van der Waals surface area contributed by atoms with Crippen LogP contribution in [0, 0.1) is 0 Å². The minimum absolute atomic E-state index is 0.185. The Bertz CT molecular complexity index is 437. The van der Waals surface area contributed by atoms with Crippen LogP contribution in [0.2, 0.25) is 0 Å². The summed E-state index contributed by atoms with van der Waals surface area (Å²) in [6.07, 6.45) is 6.11. The average molecular weight is 306 g/mol. The van der Waals surface area contributed by atoms with Crippen LogP contribution < -0.4 is 10.6 Å². The Morgan fingerprint density at radius 1 is 0.952 bits per heavy atom. The SMILES string of the molecule is O=C1CCCCNCCCCSc2cccc(c2)CCN1. The summed E-state index contributed by atoms with van der Waals surface area (Å²) in [4.78, 5) is 13.1. The largest absolute Gasteiger partial charge is 0.356 e. The Hall–Kier alpha value is -1.00. The van der Waals surface area contributed by atoms with E-state index in [2.05, 4.69) is 34.9 Å². The van der Waals surface area contributed by atoms with Crippen LogP contribution >= 0.6 is 11.8 Å². The van der Waals surface area contributed by atoms with Gasteiger partial charge in [-0.25, -0.2) is 0 Å². The normalized spacial score (nSPS) is 19.5. The van der Waals surface area contributed by atoms with Crippen LogP contribution in [0.15, 0.2) is 29.2 Å². The molecule has 2 bridgehead atoms. The topological polar surface area (TPSA) is 41.1 Å². The zero-order chi connectivity index (χ0) is 14.8. The van der Waals surface area contributed by atoms with Gasteiger partial charge >= 0.3 is 0 Å². The van der Waals surface area contributed by atoms with Gasteiger partial charge in [-0.15, -0.1) is 11.8 Å². The number of nitrogens with one attached hydrogen (secondary N) is 2. The maximum absolute atomic E-state index is 11.7. The van der Waals surface area contributed by atoms with Crippen LogP contribution in [0.5, 0.6) is 0 Å². The molecule has 0 fully saturated rings. The van der Waals surface area contributed by atoms with E-state index in [0.717, 1.165) is 38.9 Å². The molecule has 1 heterocycles. The van der Waals surface area contributed by atoms with Gasteiger partial charge in [0.15, 0.2) is 0 Å². The molecule has 0 atom stereocenters. The van der Waals surface area contributed by atoms with Gasteiger partial charge in [-0.1, -0.05) is 12.1 Å². The lowest BCUT2D eigenvalue weighted by molar-refractivity contribution is -0.121. The molecule has 21 heavy (non-hydrogen) atoms. The lowest BCUT2D eigenvalue weighted by atomic mass is 10.1. The lowest BCUT2D eigenvalue weighted by Gasteiger charge is -2.07. The monoisotopic (exact) mass is 306 g/mol. The summed E-state index contributed by atoms with van der Waals surface area (Å²) in [5.41, 5.74) is 1.31. The Balaban J connectivity index is 1.87. The number of hydrogen-bond donors (Lipinski definition) is 2. The molecule has 3 nitrogen and oxygen atoms in total. The fraction of sp³-hybridized carbons (Fsp3) is 0.588. The highest BCUT2D eigenvalue weighted by molar-refractivity contribution is 7.99. The van der Waals surface area contributed by atoms with Gasteiger partial charge in [0, 0.05) is 17.9 Å². The van der Waals surface area contributed by atoms with Crippen LogP contribution in [0.3, 0.4) is 0 Å². The maximum atomic E-state index is 11.7. The van der Waals surface area contributed by atoms with Gasteiger partial charge in [-0.2, -0.15) is 0 Å². The molecule has 116 valence electrons. The van der Waals surface area contributed by atoms with Crippen molar-refractivity contribution in [1.82, 2.24) is 10.6 Å². The summed E-state index contributed by atoms with van der Waals surface area (Å²) in [7, 11) is 0. The molecule has 4 heteroatoms. The standard InChI is InChI=1S/C17H26N2OS/c20-17-8-1-2-10-18-11-3-4-13-21-16-7-5-6-15(14-16)9-12-19-17/h5-7,14,18H,1-4,8-13H2,(H,19,20). The molecule has 1 aromatic carbocycles. The first-order chi connectivity index (χ1) is 10.3. The average Bonchev–Trinajstić information content (AvgIpc) is 2.49. The summed E-state index contributed by atoms with van der Waals surface area (Å²) in [5.74, 6) is 1.37. The quantitative estimate of drug-likeness (QED) is 0.774. The Labute approximate surface area is 132 Å². The minimum atomic E-state index is 0.185. The van der Waals surface area contributed by atoms with Gasteiger partial charge in [0.1, 0.15) is 0 Å². The summed E-state index contributed by atoms with van der Waals surface area (Å²) in [6.45, 7) is 2.86. The molecule has 0 aromatic heterocycles. The zero-order valence-electron chi connectivity index (χ0n) is 12.7. The smallest absolute Gasteiger partial charge is 0.220 e. The summed E-state index contributed by atoms with van der Waals surface area (Å²) < 4.78 is 0. The minimum Gasteiger partial charge on any atom is -0.356 e. The summed E-state index contributed by atoms with van der Waals surface area (Å²) in [6, 6.07) is 8.70. The fourth-order valence-corrected chi connectivity index (χ4v) is 3.42. The van der Waals surface area contributed by atoms with E-state index < -0.39 is 0 Å². The van der Waals surface area contributed by atoms with E-state index in [1.807, 2.05) is 11.8 Å². The van der Waals surface area contributed by atoms with Crippen molar-refractivity contribution in [1.29, 1.82) is 0 Å². The number of thioether (sulfide) groups is 1. The highest BCUT2D eigenvalue weighted by Gasteiger charge is 2.02. The van der Waals surface area contributed by atoms with Crippen molar-refractivity contribution >= 4 is 17.7 Å². The molecule has 0 aliphatic carbocycles. The van der Waals surface area contributed by atoms with E-state index >= 15 is 0 Å². The molecular formula is C17H26N2OS. The van der Waals surface area contributed by atoms with Crippen molar-refractivity contribution in [2.24, 2.45) is 0 Å². The van der Waals surface area contributed by atoms with Crippen LogP contribution in [-0.4, -0.2) is 31.3 Å². The molecule has 0 saturated heterocycles. The van der Waals surface area contributed by atoms with Crippen molar-refractivity contribution in [3.8, 4) is 0 Å². The third-order valence-electron chi connectivity index (χ3n) is 3.66. The van der Waals surface area contributed by atoms with E-state index in [4.69, 9.17) is 0 Å². The van der Waals surface area contributed by atoms with Crippen LogP contribution in [-0.2, 0) is 11.2 Å². The van der Waals surface area contributed by atoms with Gasteiger partial charge in [-0.05, 0) is 68.6 Å². The Kier molecular flexibility index (Phi) is 7.68. The van der Waals surface area contributed by atoms with Crippen molar-refractivity contribution < 1.29 is 4.79 Å². The van der Waals surface area contributed by atoms with Gasteiger partial charge < -0.3 is 10.6 Å². The fourth-order valence-electron chi connectivity index (χ4n) is 2.43. The summed E-state index contributed by atoms with van der Waals surface area (Å²) >= 11 is 1.94. The van der Waals surface area contributed by atoms with E-state index in [0.29, 0.717) is 6.42 Å². The van der Waals surface area contributed by atoms with Crippen molar-refractivity contribution in [2.45, 2.75) is 43.4 Å². The highest BCUT2D eigenvalue weighted by Crippen LogP contribution is 2.20. The molecule has 0 unspecified atom stereocenters. The van der Waals surface area contributed by atoms with Gasteiger partial charge in [0.05, 0.1) is 0 Å². The van der Waals surface area contributed by atoms with E-state index in [9.17, 15) is 4.79 Å². The second kappa shape index (κ2) is 9.85. The molecule has 1 aliphatic rings. The van der Waals surface area contributed by atoms with Gasteiger partial charge in [-0.3, -0.25) is 4.79 Å². The molecule has 1 aromatic rings. The predicted molar refractivity (Wildman–Crippen MR) is 89.8 cm³/mol. The number of carbonyl (C=O) groups is 1. The number of carbonyl (C=O) groups excluding carboxylic acids is 1. The van der Waals surface area contributed by atoms with Crippen molar-refractivity contribution in [3.63, 3.8) is 0 Å². The molecular weight excluding hydrogens is 280 g/mol. The first-order valence-corrected chi connectivity index (χ1v) is 9.02. The first kappa shape index (κ1) is 16.4. The third kappa shape index (κ3) is 7.00. The number of benzene rings is 1. The van der Waals surface area contributed by atoms with Gasteiger partial charge in [0.2, 0.25) is 5.91 Å². The predicted octanol–water partition coefficient (Wildman–Crippen LogP) is 2.99. The Morgan fingerprint density at radius 3 is 2.71 bits per heavy atom. The highest BCUT2D eigenvalue weighted by atomic mass is 32.2. The van der Waals surface area contributed by atoms with Crippen LogP contribution in [0.4, 0.5) is 0 Å². The van der Waals surface area contributed by atoms with E-state index in [-0.39, 0.29) is 5.91 Å². The molecule has 0 spiro atoms. The number of hydrogen-bond acceptors (Lipinski definition) is 3. The van der Waals surface area contributed by atoms with Gasteiger partial charge in [0.25, 0.3) is 0 Å². The van der Waals surface area contributed by atoms with Crippen molar-refractivity contribution in [3.05, 3.63) is 29.8 Å². The second-order valence-electron chi connectivity index (χ2n) is 5.51. The zero-order valence-corrected chi connectivity index (χ0v) is 13.5. The second-order valence-corrected chi connectivity index (χ2v) is 6.68. The van der Waals surface area contributed by atoms with Crippen molar-refractivity contribution in [2.75, 3.05) is 25.4 Å². The number of amides is 1. The molecule has 0 saturated carbocycles. The molecule has 0 radical (unpaired) electrons. The molecule has 2 rings (SSSR count). The third-order valence-corrected chi connectivity index (χ3v) is 4.74. The molecule has 1 amide bonds. The van der Waals surface area contributed by atoms with Crippen LogP contribution in [0.1, 0.15) is 37.7 Å². The first-order valence-electron chi connectivity index (χ1n) is 8.04. The maximum Gasteiger partial charge on any atom is 0.220 e. The van der Waals surface area contributed by atoms with E-state index in [1.54, 1.807) is 0 Å². The van der Waals surface area contributed by atoms with Crippen LogP contribution in [0.25, 0.3) is 0 Å². The lowest BCUT2D eigenvalue weighted by Crippen LogP contribution is -2.25. The number of fused-ring (bicyclic) bond motifs is 2.